The summed E-state index contributed by atoms with van der Waals surface area (Å²) in [4.78, 5) is 0.0488. The lowest BCUT2D eigenvalue weighted by atomic mass is 10.2. The van der Waals surface area contributed by atoms with E-state index in [0.717, 1.165) is 0 Å². The van der Waals surface area contributed by atoms with Gasteiger partial charge in [0.15, 0.2) is 11.6 Å². The van der Waals surface area contributed by atoms with Gasteiger partial charge in [0, 0.05) is 0 Å². The van der Waals surface area contributed by atoms with Crippen LogP contribution in [0.25, 0.3) is 0 Å². The van der Waals surface area contributed by atoms with Crippen LogP contribution in [0.2, 0.25) is 0 Å². The summed E-state index contributed by atoms with van der Waals surface area (Å²) >= 11 is 0. The second-order valence-corrected chi connectivity index (χ2v) is 7.39. The largest absolute Gasteiger partial charge is 0.486 e. The van der Waals surface area contributed by atoms with Crippen LogP contribution >= 0.6 is 0 Å². The quantitative estimate of drug-likeness (QED) is 0.681. The Balaban J connectivity index is 1.81. The summed E-state index contributed by atoms with van der Waals surface area (Å²) in [5.74, 6) is -0.327. The highest BCUT2D eigenvalue weighted by Crippen LogP contribution is 2.24. The standard InChI is InChI=1S/C20H14FNO3S/c21-18-6-2-3-7-19(18)25-14-15-9-11-17(12-10-15)26(23,24)20-8-4-1-5-16(20)13-22/h1-12H,14H2. The first-order chi connectivity index (χ1) is 12.5. The predicted octanol–water partition coefficient (Wildman–Crippen LogP) is 4.11. The van der Waals surface area contributed by atoms with E-state index in [1.54, 1.807) is 36.4 Å². The van der Waals surface area contributed by atoms with E-state index in [1.165, 1.54) is 36.4 Å². The fraction of sp³-hybridized carbons (Fsp3) is 0.0500. The molecule has 0 heterocycles. The van der Waals surface area contributed by atoms with E-state index in [2.05, 4.69) is 0 Å². The number of rotatable bonds is 5. The summed E-state index contributed by atoms with van der Waals surface area (Å²) in [6.07, 6.45) is 0. The van der Waals surface area contributed by atoms with Crippen LogP contribution in [0.5, 0.6) is 5.75 Å². The molecule has 0 amide bonds. The fourth-order valence-corrected chi connectivity index (χ4v) is 3.82. The Morgan fingerprint density at radius 2 is 1.58 bits per heavy atom. The minimum atomic E-state index is -3.80. The van der Waals surface area contributed by atoms with Gasteiger partial charge in [0.25, 0.3) is 0 Å². The SMILES string of the molecule is N#Cc1ccccc1S(=O)(=O)c1ccc(COc2ccccc2F)cc1. The van der Waals surface area contributed by atoms with Crippen molar-refractivity contribution in [3.05, 3.63) is 89.7 Å². The van der Waals surface area contributed by atoms with Crippen molar-refractivity contribution >= 4 is 9.84 Å². The van der Waals surface area contributed by atoms with Gasteiger partial charge >= 0.3 is 0 Å². The van der Waals surface area contributed by atoms with E-state index in [9.17, 15) is 12.8 Å². The average molecular weight is 367 g/mol. The van der Waals surface area contributed by atoms with Crippen molar-refractivity contribution in [3.63, 3.8) is 0 Å². The Labute approximate surface area is 151 Å². The Morgan fingerprint density at radius 3 is 2.27 bits per heavy atom. The molecular weight excluding hydrogens is 353 g/mol. The lowest BCUT2D eigenvalue weighted by Crippen LogP contribution is -2.05. The first-order valence-corrected chi connectivity index (χ1v) is 9.21. The number of para-hydroxylation sites is 1. The van der Waals surface area contributed by atoms with Crippen molar-refractivity contribution in [2.75, 3.05) is 0 Å². The molecule has 3 aromatic rings. The van der Waals surface area contributed by atoms with Gasteiger partial charge in [0.05, 0.1) is 15.4 Å². The molecule has 3 aromatic carbocycles. The molecule has 6 heteroatoms. The normalized spacial score (nSPS) is 10.9. The van der Waals surface area contributed by atoms with Crippen LogP contribution in [-0.4, -0.2) is 8.42 Å². The van der Waals surface area contributed by atoms with E-state index in [4.69, 9.17) is 10.00 Å². The van der Waals surface area contributed by atoms with Crippen LogP contribution in [0, 0.1) is 17.1 Å². The maximum atomic E-state index is 13.5. The van der Waals surface area contributed by atoms with Gasteiger partial charge in [-0.25, -0.2) is 12.8 Å². The van der Waals surface area contributed by atoms with E-state index in [1.807, 2.05) is 6.07 Å². The summed E-state index contributed by atoms with van der Waals surface area (Å²) in [5.41, 5.74) is 0.792. The molecule has 0 saturated carbocycles. The van der Waals surface area contributed by atoms with Crippen molar-refractivity contribution < 1.29 is 17.5 Å². The number of ether oxygens (including phenoxy) is 1. The highest BCUT2D eigenvalue weighted by atomic mass is 32.2. The van der Waals surface area contributed by atoms with Crippen LogP contribution in [0.1, 0.15) is 11.1 Å². The zero-order valence-electron chi connectivity index (χ0n) is 13.6. The molecule has 0 aromatic heterocycles. The zero-order valence-corrected chi connectivity index (χ0v) is 14.4. The van der Waals surface area contributed by atoms with Gasteiger partial charge in [-0.2, -0.15) is 5.26 Å². The third-order valence-electron chi connectivity index (χ3n) is 3.76. The lowest BCUT2D eigenvalue weighted by molar-refractivity contribution is 0.290. The minimum absolute atomic E-state index is 0.0298. The van der Waals surface area contributed by atoms with E-state index < -0.39 is 15.7 Å². The summed E-state index contributed by atoms with van der Waals surface area (Å²) in [7, 11) is -3.80. The number of halogens is 1. The van der Waals surface area contributed by atoms with E-state index in [0.29, 0.717) is 5.56 Å². The maximum absolute atomic E-state index is 13.5. The number of benzene rings is 3. The van der Waals surface area contributed by atoms with Gasteiger partial charge in [-0.3, -0.25) is 0 Å². The monoisotopic (exact) mass is 367 g/mol. The third kappa shape index (κ3) is 3.58. The molecule has 0 N–H and O–H groups in total. The lowest BCUT2D eigenvalue weighted by Gasteiger charge is -2.09. The molecule has 0 saturated heterocycles. The molecule has 0 spiro atoms. The van der Waals surface area contributed by atoms with Gasteiger partial charge in [-0.15, -0.1) is 0 Å². The minimum Gasteiger partial charge on any atom is -0.486 e. The molecule has 26 heavy (non-hydrogen) atoms. The number of nitrogens with zero attached hydrogens (tertiary/aromatic N) is 1. The second kappa shape index (κ2) is 7.38. The van der Waals surface area contributed by atoms with Crippen molar-refractivity contribution in [1.29, 1.82) is 5.26 Å². The Bertz CT molecular complexity index is 1070. The van der Waals surface area contributed by atoms with Crippen molar-refractivity contribution in [3.8, 4) is 11.8 Å². The first-order valence-electron chi connectivity index (χ1n) is 7.73. The molecule has 130 valence electrons. The van der Waals surface area contributed by atoms with Crippen LogP contribution in [0.4, 0.5) is 4.39 Å². The Kier molecular flexibility index (Phi) is 5.01. The molecular formula is C20H14FNO3S. The third-order valence-corrected chi connectivity index (χ3v) is 5.59. The molecule has 0 unspecified atom stereocenters. The van der Waals surface area contributed by atoms with Gasteiger partial charge in [-0.05, 0) is 42.0 Å². The molecule has 0 aliphatic carbocycles. The second-order valence-electron chi connectivity index (χ2n) is 5.47. The first kappa shape index (κ1) is 17.6. The molecule has 0 radical (unpaired) electrons. The van der Waals surface area contributed by atoms with Gasteiger partial charge in [-0.1, -0.05) is 36.4 Å². The molecule has 4 nitrogen and oxygen atoms in total. The number of nitriles is 1. The number of sulfone groups is 1. The molecule has 0 fully saturated rings. The van der Waals surface area contributed by atoms with Crippen molar-refractivity contribution in [2.45, 2.75) is 16.4 Å². The molecule has 0 atom stereocenters. The molecule has 0 aliphatic heterocycles. The topological polar surface area (TPSA) is 67.2 Å². The Morgan fingerprint density at radius 1 is 0.923 bits per heavy atom. The fourth-order valence-electron chi connectivity index (χ4n) is 2.41. The van der Waals surface area contributed by atoms with Crippen molar-refractivity contribution in [2.24, 2.45) is 0 Å². The zero-order chi connectivity index (χ0) is 18.6. The van der Waals surface area contributed by atoms with Gasteiger partial charge < -0.3 is 4.74 Å². The number of hydrogen-bond acceptors (Lipinski definition) is 4. The summed E-state index contributed by atoms with van der Waals surface area (Å²) in [5, 5.41) is 9.11. The summed E-state index contributed by atoms with van der Waals surface area (Å²) < 4.78 is 44.4. The maximum Gasteiger partial charge on any atom is 0.207 e. The van der Waals surface area contributed by atoms with Gasteiger partial charge in [0.2, 0.25) is 9.84 Å². The molecule has 3 rings (SSSR count). The summed E-state index contributed by atoms with van der Waals surface area (Å²) in [6, 6.07) is 20.1. The smallest absolute Gasteiger partial charge is 0.207 e. The van der Waals surface area contributed by atoms with E-state index in [-0.39, 0.29) is 27.7 Å². The molecule has 0 aliphatic rings. The van der Waals surface area contributed by atoms with Crippen LogP contribution < -0.4 is 4.74 Å². The van der Waals surface area contributed by atoms with Gasteiger partial charge in [0.1, 0.15) is 12.7 Å². The number of hydrogen-bond donors (Lipinski definition) is 0. The Hall–Kier alpha value is -3.17. The summed E-state index contributed by atoms with van der Waals surface area (Å²) in [6.45, 7) is 0.107. The van der Waals surface area contributed by atoms with Crippen LogP contribution in [-0.2, 0) is 16.4 Å². The highest BCUT2D eigenvalue weighted by Gasteiger charge is 2.20. The van der Waals surface area contributed by atoms with E-state index >= 15 is 0 Å². The highest BCUT2D eigenvalue weighted by molar-refractivity contribution is 7.91. The molecule has 0 bridgehead atoms. The van der Waals surface area contributed by atoms with Crippen LogP contribution in [0.15, 0.2) is 82.6 Å². The van der Waals surface area contributed by atoms with Crippen molar-refractivity contribution in [1.82, 2.24) is 0 Å². The predicted molar refractivity (Wildman–Crippen MR) is 93.8 cm³/mol. The average Bonchev–Trinajstić information content (AvgIpc) is 2.67. The van der Waals surface area contributed by atoms with Crippen LogP contribution in [0.3, 0.4) is 0 Å².